The topological polar surface area (TPSA) is 76.7 Å². The molecule has 0 saturated heterocycles. The van der Waals surface area contributed by atoms with Gasteiger partial charge >= 0.3 is 12.0 Å². The van der Waals surface area contributed by atoms with Gasteiger partial charge in [0.15, 0.2) is 0 Å². The van der Waals surface area contributed by atoms with E-state index in [2.05, 4.69) is 17.2 Å². The average Bonchev–Trinajstić information content (AvgIpc) is 2.52. The molecule has 0 aliphatic carbocycles. The molecule has 1 aromatic carbocycles. The first kappa shape index (κ1) is 17.6. The smallest absolute Gasteiger partial charge is 0.333 e. The molecule has 2 N–H and O–H groups in total. The summed E-state index contributed by atoms with van der Waals surface area (Å²) in [4.78, 5) is 22.6. The fourth-order valence-corrected chi connectivity index (χ4v) is 1.61. The highest BCUT2D eigenvalue weighted by molar-refractivity contribution is 5.86. The minimum absolute atomic E-state index is 0.123. The van der Waals surface area contributed by atoms with Crippen molar-refractivity contribution in [3.8, 4) is 5.75 Å². The summed E-state index contributed by atoms with van der Waals surface area (Å²) in [6, 6.07) is 7.38. The highest BCUT2D eigenvalue weighted by Gasteiger charge is 2.03. The van der Waals surface area contributed by atoms with Crippen LogP contribution in [0.5, 0.6) is 5.75 Å². The molecule has 0 aromatic heterocycles. The minimum Gasteiger partial charge on any atom is -0.497 e. The van der Waals surface area contributed by atoms with Crippen molar-refractivity contribution < 1.29 is 19.1 Å². The quantitative estimate of drug-likeness (QED) is 0.435. The van der Waals surface area contributed by atoms with Crippen LogP contribution in [0, 0.1) is 0 Å². The molecule has 120 valence electrons. The molecule has 0 fully saturated rings. The summed E-state index contributed by atoms with van der Waals surface area (Å²) in [5.41, 5.74) is 1.44. The van der Waals surface area contributed by atoms with Crippen LogP contribution in [0.2, 0.25) is 0 Å². The number of hydrogen-bond donors (Lipinski definition) is 2. The summed E-state index contributed by atoms with van der Waals surface area (Å²) in [6.07, 6.45) is 0.724. The summed E-state index contributed by atoms with van der Waals surface area (Å²) < 4.78 is 9.93. The van der Waals surface area contributed by atoms with Crippen LogP contribution in [0.4, 0.5) is 4.79 Å². The summed E-state index contributed by atoms with van der Waals surface area (Å²) >= 11 is 0. The van der Waals surface area contributed by atoms with E-state index in [-0.39, 0.29) is 19.2 Å². The molecule has 0 heterocycles. The van der Waals surface area contributed by atoms with Gasteiger partial charge in [-0.2, -0.15) is 0 Å². The molecular formula is C16H22N2O4. The van der Waals surface area contributed by atoms with Crippen LogP contribution in [0.3, 0.4) is 0 Å². The van der Waals surface area contributed by atoms with Crippen LogP contribution in [-0.2, 0) is 16.0 Å². The third-order valence-electron chi connectivity index (χ3n) is 2.83. The molecule has 0 saturated carbocycles. The maximum Gasteiger partial charge on any atom is 0.333 e. The third kappa shape index (κ3) is 6.78. The number of rotatable bonds is 8. The summed E-state index contributed by atoms with van der Waals surface area (Å²) in [7, 11) is 1.62. The van der Waals surface area contributed by atoms with E-state index in [1.165, 1.54) is 0 Å². The number of carbonyl (C=O) groups excluding carboxylic acids is 2. The number of methoxy groups -OCH3 is 1. The van der Waals surface area contributed by atoms with Crippen molar-refractivity contribution in [3.63, 3.8) is 0 Å². The number of nitrogens with one attached hydrogen (secondary N) is 2. The molecule has 0 radical (unpaired) electrons. The second-order valence-corrected chi connectivity index (χ2v) is 4.70. The van der Waals surface area contributed by atoms with Gasteiger partial charge in [-0.3, -0.25) is 0 Å². The van der Waals surface area contributed by atoms with Gasteiger partial charge in [0.05, 0.1) is 13.7 Å². The van der Waals surface area contributed by atoms with Crippen molar-refractivity contribution in [1.29, 1.82) is 0 Å². The Balaban J connectivity index is 2.12. The van der Waals surface area contributed by atoms with Crippen LogP contribution in [-0.4, -0.2) is 38.8 Å². The Morgan fingerprint density at radius 1 is 1.14 bits per heavy atom. The van der Waals surface area contributed by atoms with Crippen molar-refractivity contribution >= 4 is 12.0 Å². The van der Waals surface area contributed by atoms with E-state index in [4.69, 9.17) is 9.47 Å². The number of amides is 2. The van der Waals surface area contributed by atoms with E-state index in [1.54, 1.807) is 14.0 Å². The van der Waals surface area contributed by atoms with E-state index in [9.17, 15) is 9.59 Å². The van der Waals surface area contributed by atoms with Crippen LogP contribution >= 0.6 is 0 Å². The number of carbonyl (C=O) groups is 2. The molecule has 2 amide bonds. The monoisotopic (exact) mass is 306 g/mol. The largest absolute Gasteiger partial charge is 0.497 e. The van der Waals surface area contributed by atoms with Crippen LogP contribution in [0.15, 0.2) is 36.4 Å². The second kappa shape index (κ2) is 9.44. The van der Waals surface area contributed by atoms with Gasteiger partial charge in [-0.05, 0) is 31.0 Å². The zero-order valence-electron chi connectivity index (χ0n) is 13.0. The van der Waals surface area contributed by atoms with Crippen molar-refractivity contribution in [2.45, 2.75) is 13.3 Å². The normalized spacial score (nSPS) is 9.73. The fourth-order valence-electron chi connectivity index (χ4n) is 1.61. The first-order valence-electron chi connectivity index (χ1n) is 7.00. The molecule has 0 spiro atoms. The molecule has 6 nitrogen and oxygen atoms in total. The van der Waals surface area contributed by atoms with Crippen molar-refractivity contribution in [3.05, 3.63) is 42.0 Å². The number of hydrogen-bond acceptors (Lipinski definition) is 4. The van der Waals surface area contributed by atoms with Crippen LogP contribution < -0.4 is 15.4 Å². The Labute approximate surface area is 130 Å². The van der Waals surface area contributed by atoms with Gasteiger partial charge in [0.2, 0.25) is 0 Å². The Morgan fingerprint density at radius 3 is 2.36 bits per heavy atom. The van der Waals surface area contributed by atoms with Gasteiger partial charge in [0.1, 0.15) is 12.4 Å². The third-order valence-corrected chi connectivity index (χ3v) is 2.83. The van der Waals surface area contributed by atoms with Crippen molar-refractivity contribution in [2.24, 2.45) is 0 Å². The van der Waals surface area contributed by atoms with Gasteiger partial charge in [0.25, 0.3) is 0 Å². The van der Waals surface area contributed by atoms with Crippen molar-refractivity contribution in [2.75, 3.05) is 26.8 Å². The van der Waals surface area contributed by atoms with E-state index in [1.807, 2.05) is 24.3 Å². The number of esters is 1. The molecule has 0 bridgehead atoms. The van der Waals surface area contributed by atoms with Crippen molar-refractivity contribution in [1.82, 2.24) is 10.6 Å². The standard InChI is InChI=1S/C16H22N2O4/c1-12(2)15(19)22-11-10-18-16(20)17-9-8-13-4-6-14(21-3)7-5-13/h4-7H,1,8-11H2,2-3H3,(H2,17,18,20). The predicted octanol–water partition coefficient (Wildman–Crippen LogP) is 1.66. The zero-order valence-corrected chi connectivity index (χ0v) is 13.0. The summed E-state index contributed by atoms with van der Waals surface area (Å²) in [6.45, 7) is 5.94. The van der Waals surface area contributed by atoms with E-state index < -0.39 is 5.97 Å². The van der Waals surface area contributed by atoms with E-state index in [0.717, 1.165) is 17.7 Å². The Morgan fingerprint density at radius 2 is 1.77 bits per heavy atom. The summed E-state index contributed by atoms with van der Waals surface area (Å²) in [5, 5.41) is 5.34. The SMILES string of the molecule is C=C(C)C(=O)OCCNC(=O)NCCc1ccc(OC)cc1. The minimum atomic E-state index is -0.457. The number of urea groups is 1. The lowest BCUT2D eigenvalue weighted by Gasteiger charge is -2.08. The highest BCUT2D eigenvalue weighted by Crippen LogP contribution is 2.11. The van der Waals surface area contributed by atoms with Gasteiger partial charge < -0.3 is 20.1 Å². The first-order chi connectivity index (χ1) is 10.5. The molecule has 0 aliphatic rings. The van der Waals surface area contributed by atoms with Gasteiger partial charge in [0, 0.05) is 12.1 Å². The lowest BCUT2D eigenvalue weighted by atomic mass is 10.1. The second-order valence-electron chi connectivity index (χ2n) is 4.70. The van der Waals surface area contributed by atoms with Gasteiger partial charge in [-0.25, -0.2) is 9.59 Å². The van der Waals surface area contributed by atoms with E-state index >= 15 is 0 Å². The molecule has 22 heavy (non-hydrogen) atoms. The maximum atomic E-state index is 11.5. The van der Waals surface area contributed by atoms with Crippen LogP contribution in [0.1, 0.15) is 12.5 Å². The van der Waals surface area contributed by atoms with Gasteiger partial charge in [-0.1, -0.05) is 18.7 Å². The molecular weight excluding hydrogens is 284 g/mol. The fraction of sp³-hybridized carbons (Fsp3) is 0.375. The van der Waals surface area contributed by atoms with E-state index in [0.29, 0.717) is 12.1 Å². The average molecular weight is 306 g/mol. The molecule has 0 aliphatic heterocycles. The molecule has 0 atom stereocenters. The highest BCUT2D eigenvalue weighted by atomic mass is 16.5. The lowest BCUT2D eigenvalue weighted by molar-refractivity contribution is -0.138. The number of ether oxygens (including phenoxy) is 2. The first-order valence-corrected chi connectivity index (χ1v) is 7.00. The molecule has 0 unspecified atom stereocenters. The Bertz CT molecular complexity index is 511. The molecule has 1 aromatic rings. The zero-order chi connectivity index (χ0) is 16.4. The summed E-state index contributed by atoms with van der Waals surface area (Å²) in [5.74, 6) is 0.348. The maximum absolute atomic E-state index is 11.5. The predicted molar refractivity (Wildman–Crippen MR) is 83.9 cm³/mol. The van der Waals surface area contributed by atoms with Crippen LogP contribution in [0.25, 0.3) is 0 Å². The Kier molecular flexibility index (Phi) is 7.53. The molecule has 1 rings (SSSR count). The van der Waals surface area contributed by atoms with Gasteiger partial charge in [-0.15, -0.1) is 0 Å². The lowest BCUT2D eigenvalue weighted by Crippen LogP contribution is -2.38. The number of benzene rings is 1. The Hall–Kier alpha value is -2.50. The molecule has 6 heteroatoms.